The molecule has 0 aliphatic rings. The summed E-state index contributed by atoms with van der Waals surface area (Å²) in [5, 5.41) is 24.6. The fourth-order valence-corrected chi connectivity index (χ4v) is 2.06. The molecule has 0 spiro atoms. The normalized spacial score (nSPS) is 10.1. The second-order valence-electron chi connectivity index (χ2n) is 4.55. The molecule has 9 nitrogen and oxygen atoms in total. The van der Waals surface area contributed by atoms with Crippen LogP contribution >= 0.6 is 11.6 Å². The molecule has 0 bridgehead atoms. The molecule has 0 saturated carbocycles. The number of anilines is 1. The van der Waals surface area contributed by atoms with Gasteiger partial charge in [-0.25, -0.2) is 0 Å². The Morgan fingerprint density at radius 3 is 2.17 bits per heavy atom. The summed E-state index contributed by atoms with van der Waals surface area (Å²) < 4.78 is 5.07. The Morgan fingerprint density at radius 2 is 1.67 bits per heavy atom. The van der Waals surface area contributed by atoms with E-state index in [-0.39, 0.29) is 17.0 Å². The molecular weight excluding hydrogens is 342 g/mol. The SMILES string of the molecule is COc1cc(Cl)ccc1NC(=O)c1cc([N+](=O)[O-])cc([N+](=O)[O-])c1. The smallest absolute Gasteiger partial charge is 0.277 e. The van der Waals surface area contributed by atoms with Gasteiger partial charge in [0.1, 0.15) is 5.75 Å². The quantitative estimate of drug-likeness (QED) is 0.650. The zero-order chi connectivity index (χ0) is 17.9. The molecule has 0 unspecified atom stereocenters. The molecule has 0 aliphatic carbocycles. The van der Waals surface area contributed by atoms with Gasteiger partial charge < -0.3 is 10.1 Å². The van der Waals surface area contributed by atoms with Crippen molar-refractivity contribution in [3.05, 3.63) is 67.2 Å². The van der Waals surface area contributed by atoms with Crippen molar-refractivity contribution >= 4 is 34.6 Å². The number of hydrogen-bond donors (Lipinski definition) is 1. The number of nitrogens with zero attached hydrogens (tertiary/aromatic N) is 2. The van der Waals surface area contributed by atoms with Gasteiger partial charge in [-0.05, 0) is 12.1 Å². The van der Waals surface area contributed by atoms with Crippen molar-refractivity contribution in [3.8, 4) is 5.75 Å². The summed E-state index contributed by atoms with van der Waals surface area (Å²) in [6, 6.07) is 7.13. The Balaban J connectivity index is 2.39. The fourth-order valence-electron chi connectivity index (χ4n) is 1.90. The number of nitrogens with one attached hydrogen (secondary N) is 1. The van der Waals surface area contributed by atoms with E-state index in [4.69, 9.17) is 16.3 Å². The fraction of sp³-hybridized carbons (Fsp3) is 0.0714. The molecular formula is C14H10ClN3O6. The van der Waals surface area contributed by atoms with Crippen LogP contribution in [-0.2, 0) is 0 Å². The average Bonchev–Trinajstić information content (AvgIpc) is 2.55. The average molecular weight is 352 g/mol. The number of nitro groups is 2. The van der Waals surface area contributed by atoms with Crippen molar-refractivity contribution in [2.45, 2.75) is 0 Å². The molecule has 0 radical (unpaired) electrons. The number of carbonyl (C=O) groups is 1. The van der Waals surface area contributed by atoms with E-state index in [2.05, 4.69) is 5.32 Å². The highest BCUT2D eigenvalue weighted by molar-refractivity contribution is 6.30. The minimum absolute atomic E-state index is 0.229. The Kier molecular flexibility index (Phi) is 4.95. The van der Waals surface area contributed by atoms with Crippen LogP contribution < -0.4 is 10.1 Å². The molecule has 1 N–H and O–H groups in total. The summed E-state index contributed by atoms with van der Waals surface area (Å²) in [6.45, 7) is 0. The number of halogens is 1. The molecule has 0 fully saturated rings. The molecule has 0 heterocycles. The highest BCUT2D eigenvalue weighted by Crippen LogP contribution is 2.29. The summed E-state index contributed by atoms with van der Waals surface area (Å²) in [5.74, 6) is -0.488. The van der Waals surface area contributed by atoms with Gasteiger partial charge in [0.2, 0.25) is 0 Å². The number of hydrogen-bond acceptors (Lipinski definition) is 6. The molecule has 1 amide bonds. The first kappa shape index (κ1) is 17.2. The molecule has 0 aromatic heterocycles. The number of benzene rings is 2. The molecule has 10 heteroatoms. The zero-order valence-electron chi connectivity index (χ0n) is 12.2. The number of nitro benzene ring substituents is 2. The van der Waals surface area contributed by atoms with Crippen LogP contribution in [0.2, 0.25) is 5.02 Å². The topological polar surface area (TPSA) is 125 Å². The summed E-state index contributed by atoms with van der Waals surface area (Å²) in [6.07, 6.45) is 0. The molecule has 2 aromatic carbocycles. The Labute approximate surface area is 140 Å². The molecule has 24 heavy (non-hydrogen) atoms. The van der Waals surface area contributed by atoms with Crippen molar-refractivity contribution in [2.75, 3.05) is 12.4 Å². The highest BCUT2D eigenvalue weighted by atomic mass is 35.5. The van der Waals surface area contributed by atoms with E-state index in [1.54, 1.807) is 0 Å². The third-order valence-electron chi connectivity index (χ3n) is 3.00. The van der Waals surface area contributed by atoms with Gasteiger partial charge in [0.05, 0.1) is 34.3 Å². The lowest BCUT2D eigenvalue weighted by Crippen LogP contribution is -2.13. The third-order valence-corrected chi connectivity index (χ3v) is 3.23. The number of carbonyl (C=O) groups excluding carboxylic acids is 1. The number of non-ortho nitro benzene ring substituents is 2. The molecule has 124 valence electrons. The van der Waals surface area contributed by atoms with E-state index < -0.39 is 27.1 Å². The minimum Gasteiger partial charge on any atom is -0.495 e. The molecule has 0 aliphatic heterocycles. The van der Waals surface area contributed by atoms with Crippen molar-refractivity contribution < 1.29 is 19.4 Å². The third kappa shape index (κ3) is 3.76. The Bertz CT molecular complexity index is 807. The van der Waals surface area contributed by atoms with Gasteiger partial charge in [-0.15, -0.1) is 0 Å². The summed E-state index contributed by atoms with van der Waals surface area (Å²) in [5.41, 5.74) is -1.08. The van der Waals surface area contributed by atoms with Crippen molar-refractivity contribution in [1.82, 2.24) is 0 Å². The van der Waals surface area contributed by atoms with Crippen LogP contribution in [0.15, 0.2) is 36.4 Å². The van der Waals surface area contributed by atoms with E-state index in [1.165, 1.54) is 25.3 Å². The van der Waals surface area contributed by atoms with Crippen LogP contribution in [0.25, 0.3) is 0 Å². The lowest BCUT2D eigenvalue weighted by Gasteiger charge is -2.10. The zero-order valence-corrected chi connectivity index (χ0v) is 12.9. The predicted octanol–water partition coefficient (Wildman–Crippen LogP) is 3.42. The van der Waals surface area contributed by atoms with Gasteiger partial charge in [-0.2, -0.15) is 0 Å². The van der Waals surface area contributed by atoms with Crippen molar-refractivity contribution in [1.29, 1.82) is 0 Å². The second kappa shape index (κ2) is 6.92. The van der Waals surface area contributed by atoms with Crippen LogP contribution in [0.1, 0.15) is 10.4 Å². The van der Waals surface area contributed by atoms with Gasteiger partial charge >= 0.3 is 0 Å². The standard InChI is InChI=1S/C14H10ClN3O6/c1-24-13-6-9(15)2-3-12(13)16-14(19)8-4-10(17(20)21)7-11(5-8)18(22)23/h2-7H,1H3,(H,16,19). The maximum absolute atomic E-state index is 12.3. The first-order chi connectivity index (χ1) is 11.3. The van der Waals surface area contributed by atoms with Gasteiger partial charge in [0.25, 0.3) is 17.3 Å². The maximum Gasteiger partial charge on any atom is 0.277 e. The Morgan fingerprint density at radius 1 is 1.08 bits per heavy atom. The number of rotatable bonds is 5. The summed E-state index contributed by atoms with van der Waals surface area (Å²) in [7, 11) is 1.37. The summed E-state index contributed by atoms with van der Waals surface area (Å²) in [4.78, 5) is 32.4. The predicted molar refractivity (Wildman–Crippen MR) is 85.7 cm³/mol. The van der Waals surface area contributed by atoms with Gasteiger partial charge in [0, 0.05) is 23.2 Å². The van der Waals surface area contributed by atoms with Crippen LogP contribution in [0.3, 0.4) is 0 Å². The molecule has 2 rings (SSSR count). The van der Waals surface area contributed by atoms with Crippen LogP contribution in [-0.4, -0.2) is 22.9 Å². The number of methoxy groups -OCH3 is 1. The first-order valence-corrected chi connectivity index (χ1v) is 6.78. The van der Waals surface area contributed by atoms with E-state index >= 15 is 0 Å². The van der Waals surface area contributed by atoms with E-state index in [1.807, 2.05) is 0 Å². The summed E-state index contributed by atoms with van der Waals surface area (Å²) >= 11 is 5.82. The molecule has 2 aromatic rings. The largest absolute Gasteiger partial charge is 0.495 e. The monoisotopic (exact) mass is 351 g/mol. The maximum atomic E-state index is 12.3. The number of amides is 1. The van der Waals surface area contributed by atoms with Gasteiger partial charge in [0.15, 0.2) is 0 Å². The van der Waals surface area contributed by atoms with E-state index in [0.29, 0.717) is 5.02 Å². The first-order valence-electron chi connectivity index (χ1n) is 6.40. The molecule has 0 saturated heterocycles. The van der Waals surface area contributed by atoms with Gasteiger partial charge in [-0.1, -0.05) is 11.6 Å². The highest BCUT2D eigenvalue weighted by Gasteiger charge is 2.20. The van der Waals surface area contributed by atoms with Crippen LogP contribution in [0, 0.1) is 20.2 Å². The van der Waals surface area contributed by atoms with Crippen molar-refractivity contribution in [2.24, 2.45) is 0 Å². The van der Waals surface area contributed by atoms with Crippen molar-refractivity contribution in [3.63, 3.8) is 0 Å². The minimum atomic E-state index is -0.813. The van der Waals surface area contributed by atoms with Crippen LogP contribution in [0.5, 0.6) is 5.75 Å². The van der Waals surface area contributed by atoms with E-state index in [9.17, 15) is 25.0 Å². The number of ether oxygens (including phenoxy) is 1. The van der Waals surface area contributed by atoms with E-state index in [0.717, 1.165) is 18.2 Å². The van der Waals surface area contributed by atoms with Crippen LogP contribution in [0.4, 0.5) is 17.1 Å². The Hall–Kier alpha value is -3.20. The van der Waals surface area contributed by atoms with Gasteiger partial charge in [-0.3, -0.25) is 25.0 Å². The second-order valence-corrected chi connectivity index (χ2v) is 4.99. The lowest BCUT2D eigenvalue weighted by molar-refractivity contribution is -0.394. The lowest BCUT2D eigenvalue weighted by atomic mass is 10.1. The molecule has 0 atom stereocenters.